The second-order valence-electron chi connectivity index (χ2n) is 12.4. The average molecular weight is 706 g/mol. The lowest BCUT2D eigenvalue weighted by molar-refractivity contribution is 0.670. The Labute approximate surface area is 329 Å². The van der Waals surface area contributed by atoms with Crippen LogP contribution in [0.2, 0.25) is 0 Å². The molecule has 252 valence electrons. The topological polar surface area (TPSA) is 69.6 Å². The van der Waals surface area contributed by atoms with Gasteiger partial charge in [-0.05, 0) is 53.3 Å². The Kier molecular flexibility index (Phi) is 4.34. The Morgan fingerprint density at radius 3 is 2.17 bits per heavy atom. The van der Waals surface area contributed by atoms with E-state index in [4.69, 9.17) is 38.6 Å². The molecule has 4 heterocycles. The molecule has 0 saturated carbocycles. The molecular formula is C48H29N5O. The minimum Gasteiger partial charge on any atom is -0.455 e. The van der Waals surface area contributed by atoms with E-state index in [0.29, 0.717) is 27.9 Å². The minimum absolute atomic E-state index is 0.0114. The van der Waals surface area contributed by atoms with Gasteiger partial charge in [-0.2, -0.15) is 0 Å². The van der Waals surface area contributed by atoms with Crippen LogP contribution in [0.25, 0.3) is 105 Å². The van der Waals surface area contributed by atoms with Gasteiger partial charge in [-0.3, -0.25) is 4.98 Å². The molecule has 0 aliphatic carbocycles. The molecule has 0 N–H and O–H groups in total. The van der Waals surface area contributed by atoms with Crippen LogP contribution in [-0.2, 0) is 0 Å². The molecule has 0 unspecified atom stereocenters. The Hall–Kier alpha value is -7.44. The summed E-state index contributed by atoms with van der Waals surface area (Å²) in [5.74, 6) is 0.440. The zero-order chi connectivity index (χ0) is 47.8. The quantitative estimate of drug-likeness (QED) is 0.178. The van der Waals surface area contributed by atoms with Crippen molar-refractivity contribution in [3.63, 3.8) is 0 Å². The summed E-state index contributed by atoms with van der Waals surface area (Å²) >= 11 is 0. The molecule has 0 saturated heterocycles. The number of aromatic nitrogens is 5. The van der Waals surface area contributed by atoms with Crippen molar-refractivity contribution in [3.05, 3.63) is 176 Å². The Morgan fingerprint density at radius 2 is 1.22 bits per heavy atom. The van der Waals surface area contributed by atoms with Crippen LogP contribution in [0.4, 0.5) is 0 Å². The van der Waals surface area contributed by atoms with Crippen molar-refractivity contribution in [2.75, 3.05) is 0 Å². The van der Waals surface area contributed by atoms with Gasteiger partial charge in [0.15, 0.2) is 17.5 Å². The van der Waals surface area contributed by atoms with Crippen molar-refractivity contribution >= 4 is 54.5 Å². The van der Waals surface area contributed by atoms with Crippen molar-refractivity contribution in [1.82, 2.24) is 24.5 Å². The molecule has 4 aromatic heterocycles. The zero-order valence-electron chi connectivity index (χ0n) is 41.8. The molecule has 0 fully saturated rings. The summed E-state index contributed by atoms with van der Waals surface area (Å²) in [6.07, 6.45) is 3.34. The Bertz CT molecular complexity index is 4050. The Morgan fingerprint density at radius 1 is 0.500 bits per heavy atom. The number of furan rings is 1. The van der Waals surface area contributed by atoms with E-state index >= 15 is 0 Å². The van der Waals surface area contributed by atoms with E-state index in [1.807, 2.05) is 24.3 Å². The van der Waals surface area contributed by atoms with Gasteiger partial charge < -0.3 is 8.98 Å². The molecule has 7 aromatic carbocycles. The van der Waals surface area contributed by atoms with E-state index < -0.39 is 60.4 Å². The third-order valence-electron chi connectivity index (χ3n) is 9.37. The molecule has 0 aliphatic rings. The van der Waals surface area contributed by atoms with Gasteiger partial charge in [0.2, 0.25) is 0 Å². The highest BCUT2D eigenvalue weighted by Crippen LogP contribution is 2.39. The maximum absolute atomic E-state index is 9.14. The van der Waals surface area contributed by atoms with Crippen LogP contribution in [0.15, 0.2) is 180 Å². The molecule has 0 spiro atoms. The maximum atomic E-state index is 9.14. The molecule has 6 nitrogen and oxygen atoms in total. The normalized spacial score (nSPS) is 15.3. The van der Waals surface area contributed by atoms with Gasteiger partial charge >= 0.3 is 0 Å². The first-order chi connectivity index (χ1) is 32.6. The molecule has 11 aromatic rings. The van der Waals surface area contributed by atoms with Gasteiger partial charge in [-0.15, -0.1) is 0 Å². The lowest BCUT2D eigenvalue weighted by Gasteiger charge is -2.15. The van der Waals surface area contributed by atoms with Gasteiger partial charge in [0.05, 0.1) is 35.9 Å². The van der Waals surface area contributed by atoms with Gasteiger partial charge in [-0.25, -0.2) is 15.0 Å². The average Bonchev–Trinajstić information content (AvgIpc) is 3.93. The smallest absolute Gasteiger partial charge is 0.166 e. The summed E-state index contributed by atoms with van der Waals surface area (Å²) in [6, 6.07) is 16.1. The standard InChI is InChI=1S/C48H29N5O/c1-5-22-41-35(15-1)36-16-2-6-23-42(36)53(41)43-24-7-3-18-40(43)48-51-46(50-47(52-48)39-21-10-14-32-29-49-27-26-33(32)39)31-13-9-12-30(28-31)34-19-11-20-38-37-17-4-8-25-44(37)54-45(34)38/h1-29H/i1D,2D,4D,5D,8D,11D,15D,16D,17D,19D,20D,22D,23D,25D. The van der Waals surface area contributed by atoms with E-state index in [2.05, 4.69) is 4.98 Å². The molecule has 0 aliphatic heterocycles. The maximum Gasteiger partial charge on any atom is 0.166 e. The largest absolute Gasteiger partial charge is 0.455 e. The molecule has 0 amide bonds. The lowest BCUT2D eigenvalue weighted by atomic mass is 10.00. The van der Waals surface area contributed by atoms with Gasteiger partial charge in [0.1, 0.15) is 11.2 Å². The fourth-order valence-electron chi connectivity index (χ4n) is 6.98. The van der Waals surface area contributed by atoms with Crippen LogP contribution >= 0.6 is 0 Å². The molecule has 0 radical (unpaired) electrons. The van der Waals surface area contributed by atoms with E-state index in [9.17, 15) is 0 Å². The van der Waals surface area contributed by atoms with Crippen LogP contribution in [0, 0.1) is 0 Å². The summed E-state index contributed by atoms with van der Waals surface area (Å²) in [5, 5.41) is 1.43. The highest BCUT2D eigenvalue weighted by atomic mass is 16.3. The summed E-state index contributed by atoms with van der Waals surface area (Å²) in [7, 11) is 0. The van der Waals surface area contributed by atoms with Crippen molar-refractivity contribution in [1.29, 1.82) is 0 Å². The number of para-hydroxylation sites is 5. The summed E-state index contributed by atoms with van der Waals surface area (Å²) in [4.78, 5) is 19.3. The molecule has 6 heteroatoms. The number of benzene rings is 7. The summed E-state index contributed by atoms with van der Waals surface area (Å²) in [5.41, 5.74) is 1.78. The Balaban J connectivity index is 1.20. The zero-order valence-corrected chi connectivity index (χ0v) is 27.8. The predicted octanol–water partition coefficient (Wildman–Crippen LogP) is 12.1. The van der Waals surface area contributed by atoms with Crippen molar-refractivity contribution < 1.29 is 23.6 Å². The van der Waals surface area contributed by atoms with Crippen LogP contribution in [-0.4, -0.2) is 24.5 Å². The highest BCUT2D eigenvalue weighted by molar-refractivity contribution is 6.10. The van der Waals surface area contributed by atoms with Gasteiger partial charge in [0.25, 0.3) is 0 Å². The lowest BCUT2D eigenvalue weighted by Crippen LogP contribution is -2.04. The number of fused-ring (bicyclic) bond motifs is 7. The van der Waals surface area contributed by atoms with Crippen molar-refractivity contribution in [2.45, 2.75) is 0 Å². The van der Waals surface area contributed by atoms with E-state index in [1.165, 1.54) is 10.6 Å². The fourth-order valence-corrected chi connectivity index (χ4v) is 6.98. The fraction of sp³-hybridized carbons (Fsp3) is 0. The second-order valence-corrected chi connectivity index (χ2v) is 12.4. The summed E-state index contributed by atoms with van der Waals surface area (Å²) in [6.45, 7) is 0. The van der Waals surface area contributed by atoms with Crippen LogP contribution in [0.1, 0.15) is 19.2 Å². The first kappa shape index (κ1) is 19.4. The first-order valence-electron chi connectivity index (χ1n) is 23.8. The number of nitrogens with zero attached hydrogens (tertiary/aromatic N) is 5. The number of rotatable bonds is 5. The summed E-state index contributed by atoms with van der Waals surface area (Å²) < 4.78 is 130. The minimum atomic E-state index is -0.537. The third-order valence-corrected chi connectivity index (χ3v) is 9.37. The van der Waals surface area contributed by atoms with Gasteiger partial charge in [-0.1, -0.05) is 121 Å². The highest BCUT2D eigenvalue weighted by Gasteiger charge is 2.20. The monoisotopic (exact) mass is 705 g/mol. The number of hydrogen-bond acceptors (Lipinski definition) is 5. The van der Waals surface area contributed by atoms with Crippen LogP contribution < -0.4 is 0 Å². The molecule has 11 rings (SSSR count). The number of pyridine rings is 1. The van der Waals surface area contributed by atoms with E-state index in [-0.39, 0.29) is 91.0 Å². The van der Waals surface area contributed by atoms with E-state index in [1.54, 1.807) is 60.9 Å². The molecule has 0 atom stereocenters. The number of hydrogen-bond donors (Lipinski definition) is 0. The molecular weight excluding hydrogens is 663 g/mol. The molecule has 54 heavy (non-hydrogen) atoms. The third kappa shape index (κ3) is 4.74. The first-order valence-corrected chi connectivity index (χ1v) is 16.8. The molecule has 0 bridgehead atoms. The van der Waals surface area contributed by atoms with Crippen molar-refractivity contribution in [2.24, 2.45) is 0 Å². The predicted molar refractivity (Wildman–Crippen MR) is 218 cm³/mol. The van der Waals surface area contributed by atoms with Crippen molar-refractivity contribution in [3.8, 4) is 51.0 Å². The van der Waals surface area contributed by atoms with Crippen LogP contribution in [0.3, 0.4) is 0 Å². The second kappa shape index (κ2) is 12.1. The SMILES string of the molecule is [2H]c1cc([2H])c2c(c1[2H])c1c([2H])c([2H])c([2H])c([2H])c1n2-c1ccccc1-c1nc(-c2cccc(-c3c([2H])c([2H])c([2H])c4c3oc3c([2H])c([2H])c([2H])c([2H])c34)c2)nc(-c2cccc3cnccc23)n1. The van der Waals surface area contributed by atoms with Crippen LogP contribution in [0.5, 0.6) is 0 Å². The van der Waals surface area contributed by atoms with Gasteiger partial charge in [0, 0.05) is 61.6 Å². The van der Waals surface area contributed by atoms with E-state index in [0.717, 1.165) is 10.8 Å².